The third-order valence-electron chi connectivity index (χ3n) is 8.40. The number of likely N-dealkylation sites (N-methyl/N-ethyl adjacent to an activating group) is 1. The number of carbonyl (C=O) groups is 1. The molecule has 11 heteroatoms. The van der Waals surface area contributed by atoms with Gasteiger partial charge in [-0.15, -0.1) is 0 Å². The molecule has 2 aromatic heterocycles. The average molecular weight is 548 g/mol. The molecule has 2 saturated heterocycles. The maximum atomic E-state index is 12.3. The first kappa shape index (κ1) is 26.4. The molecule has 2 fully saturated rings. The first-order valence-electron chi connectivity index (χ1n) is 14.0. The van der Waals surface area contributed by atoms with Crippen LogP contribution in [0.25, 0.3) is 10.9 Å². The summed E-state index contributed by atoms with van der Waals surface area (Å²) in [6, 6.07) is 4.66. The van der Waals surface area contributed by atoms with Crippen molar-refractivity contribution in [1.29, 1.82) is 0 Å². The average Bonchev–Trinajstić information content (AvgIpc) is 3.59. The number of amides is 1. The summed E-state index contributed by atoms with van der Waals surface area (Å²) < 4.78 is 19.4. The molecule has 4 atom stereocenters. The molecule has 1 unspecified atom stereocenters. The summed E-state index contributed by atoms with van der Waals surface area (Å²) in [5.74, 6) is 1.42. The number of anilines is 1. The molecule has 40 heavy (non-hydrogen) atoms. The van der Waals surface area contributed by atoms with E-state index in [0.29, 0.717) is 49.7 Å². The number of carbonyl (C=O) groups excluding carboxylic acids is 1. The van der Waals surface area contributed by atoms with Crippen molar-refractivity contribution in [1.82, 2.24) is 30.0 Å². The van der Waals surface area contributed by atoms with Gasteiger partial charge in [-0.05, 0) is 64.9 Å². The van der Waals surface area contributed by atoms with E-state index in [1.807, 2.05) is 19.2 Å². The Morgan fingerprint density at radius 2 is 2.08 bits per heavy atom. The van der Waals surface area contributed by atoms with Crippen LogP contribution in [0.1, 0.15) is 43.9 Å². The van der Waals surface area contributed by atoms with Gasteiger partial charge in [0.1, 0.15) is 12.7 Å². The maximum Gasteiger partial charge on any atom is 0.322 e. The van der Waals surface area contributed by atoms with Crippen LogP contribution in [-0.2, 0) is 4.79 Å². The Kier molecular flexibility index (Phi) is 6.99. The first-order chi connectivity index (χ1) is 19.3. The third-order valence-corrected chi connectivity index (χ3v) is 8.40. The van der Waals surface area contributed by atoms with Crippen LogP contribution in [0.3, 0.4) is 0 Å². The molecule has 0 spiro atoms. The van der Waals surface area contributed by atoms with E-state index in [0.717, 1.165) is 41.4 Å². The lowest BCUT2D eigenvalue weighted by Gasteiger charge is -2.42. The SMILES string of the molecule is C=CC(=O)N1CCN(c2nc(OC[C@@H]3CCCN3C)nc3c2O[C@H](C)C(c2c(C)ccc4[nH]ncc24)O3)[C@@H](C)C1. The Morgan fingerprint density at radius 3 is 2.83 bits per heavy atom. The molecule has 3 aliphatic rings. The number of benzene rings is 1. The zero-order valence-electron chi connectivity index (χ0n) is 23.6. The molecule has 3 aromatic rings. The zero-order valence-corrected chi connectivity index (χ0v) is 23.6. The van der Waals surface area contributed by atoms with Gasteiger partial charge in [0.2, 0.25) is 11.7 Å². The molecule has 0 bridgehead atoms. The molecule has 0 aliphatic carbocycles. The van der Waals surface area contributed by atoms with Gasteiger partial charge in [-0.25, -0.2) is 0 Å². The number of hydrogen-bond donors (Lipinski definition) is 1. The molecule has 1 aromatic carbocycles. The van der Waals surface area contributed by atoms with Gasteiger partial charge in [-0.2, -0.15) is 15.1 Å². The highest BCUT2D eigenvalue weighted by Gasteiger charge is 2.39. The van der Waals surface area contributed by atoms with Crippen molar-refractivity contribution < 1.29 is 19.0 Å². The van der Waals surface area contributed by atoms with Gasteiger partial charge < -0.3 is 28.9 Å². The van der Waals surface area contributed by atoms with E-state index < -0.39 is 6.10 Å². The molecular weight excluding hydrogens is 510 g/mol. The number of aromatic nitrogens is 4. The van der Waals surface area contributed by atoms with E-state index >= 15 is 0 Å². The summed E-state index contributed by atoms with van der Waals surface area (Å²) in [4.78, 5) is 28.1. The minimum Gasteiger partial charge on any atom is -0.478 e. The number of likely N-dealkylation sites (tertiary alicyclic amines) is 1. The van der Waals surface area contributed by atoms with E-state index in [1.165, 1.54) is 6.08 Å². The summed E-state index contributed by atoms with van der Waals surface area (Å²) >= 11 is 0. The standard InChI is InChI=1S/C29H37N7O4/c1-6-23(37)35-12-13-36(18(3)15-35)27-26-28(32-29(31-27)38-16-20-8-7-11-34(20)5)40-25(19(4)39-26)24-17(2)9-10-22-21(24)14-30-33-22/h6,9-10,14,18-20,25H,1,7-8,11-13,15-16H2,2-5H3,(H,30,33)/t18-,19+,20-,25?/m0/s1. The fourth-order valence-corrected chi connectivity index (χ4v) is 6.09. The van der Waals surface area contributed by atoms with Gasteiger partial charge in [-0.1, -0.05) is 12.6 Å². The molecular formula is C29H37N7O4. The monoisotopic (exact) mass is 547 g/mol. The van der Waals surface area contributed by atoms with Gasteiger partial charge in [0.25, 0.3) is 5.88 Å². The van der Waals surface area contributed by atoms with Crippen molar-refractivity contribution in [2.45, 2.75) is 57.9 Å². The number of H-pyrrole nitrogens is 1. The molecule has 1 N–H and O–H groups in total. The maximum absolute atomic E-state index is 12.3. The largest absolute Gasteiger partial charge is 0.478 e. The normalized spacial score (nSPS) is 24.9. The summed E-state index contributed by atoms with van der Waals surface area (Å²) in [6.07, 6.45) is 4.71. The van der Waals surface area contributed by atoms with Gasteiger partial charge in [-0.3, -0.25) is 9.89 Å². The van der Waals surface area contributed by atoms with Crippen molar-refractivity contribution in [2.24, 2.45) is 0 Å². The van der Waals surface area contributed by atoms with E-state index in [1.54, 1.807) is 4.90 Å². The van der Waals surface area contributed by atoms with E-state index in [4.69, 9.17) is 24.2 Å². The molecule has 6 rings (SSSR count). The van der Waals surface area contributed by atoms with E-state index in [9.17, 15) is 4.79 Å². The van der Waals surface area contributed by atoms with Crippen LogP contribution in [0.5, 0.6) is 17.6 Å². The molecule has 1 amide bonds. The van der Waals surface area contributed by atoms with Crippen molar-refractivity contribution in [2.75, 3.05) is 44.7 Å². The molecule has 0 saturated carbocycles. The minimum atomic E-state index is -0.398. The van der Waals surface area contributed by atoms with Crippen molar-refractivity contribution in [3.8, 4) is 17.6 Å². The smallest absolute Gasteiger partial charge is 0.322 e. The predicted molar refractivity (Wildman–Crippen MR) is 151 cm³/mol. The summed E-state index contributed by atoms with van der Waals surface area (Å²) in [5, 5.41) is 8.29. The number of fused-ring (bicyclic) bond motifs is 2. The Morgan fingerprint density at radius 1 is 1.23 bits per heavy atom. The van der Waals surface area contributed by atoms with Gasteiger partial charge in [0.15, 0.2) is 11.9 Å². The number of nitrogens with one attached hydrogen (secondary N) is 1. The highest BCUT2D eigenvalue weighted by atomic mass is 16.6. The molecule has 0 radical (unpaired) electrons. The van der Waals surface area contributed by atoms with Crippen LogP contribution in [0.15, 0.2) is 31.0 Å². The second-order valence-electron chi connectivity index (χ2n) is 11.1. The van der Waals surface area contributed by atoms with Gasteiger partial charge in [0, 0.05) is 42.7 Å². The summed E-state index contributed by atoms with van der Waals surface area (Å²) in [5.41, 5.74) is 3.05. The molecule has 3 aliphatic heterocycles. The Bertz CT molecular complexity index is 1420. The molecule has 5 heterocycles. The van der Waals surface area contributed by atoms with Crippen LogP contribution in [-0.4, -0.2) is 93.9 Å². The minimum absolute atomic E-state index is 0.0102. The topological polar surface area (TPSA) is 109 Å². The van der Waals surface area contributed by atoms with Crippen molar-refractivity contribution in [3.05, 3.63) is 42.1 Å². The lowest BCUT2D eigenvalue weighted by atomic mass is 9.95. The number of aryl methyl sites for hydroxylation is 1. The zero-order chi connectivity index (χ0) is 28.0. The summed E-state index contributed by atoms with van der Waals surface area (Å²) in [7, 11) is 2.12. The predicted octanol–water partition coefficient (Wildman–Crippen LogP) is 3.26. The van der Waals surface area contributed by atoms with Crippen LogP contribution < -0.4 is 19.1 Å². The molecule has 11 nitrogen and oxygen atoms in total. The highest BCUT2D eigenvalue weighted by Crippen LogP contribution is 2.46. The van der Waals surface area contributed by atoms with E-state index in [2.05, 4.69) is 53.5 Å². The van der Waals surface area contributed by atoms with Crippen LogP contribution in [0.4, 0.5) is 5.82 Å². The number of aromatic amines is 1. The fraction of sp³-hybridized carbons (Fsp3) is 0.517. The second kappa shape index (κ2) is 10.6. The summed E-state index contributed by atoms with van der Waals surface area (Å²) in [6.45, 7) is 13.0. The second-order valence-corrected chi connectivity index (χ2v) is 11.1. The molecule has 212 valence electrons. The van der Waals surface area contributed by atoms with Gasteiger partial charge in [0.05, 0.1) is 11.7 Å². The fourth-order valence-electron chi connectivity index (χ4n) is 6.09. The van der Waals surface area contributed by atoms with Gasteiger partial charge >= 0.3 is 6.01 Å². The number of rotatable bonds is 6. The van der Waals surface area contributed by atoms with E-state index in [-0.39, 0.29) is 24.1 Å². The van der Waals surface area contributed by atoms with Crippen LogP contribution in [0.2, 0.25) is 0 Å². The Hall–Kier alpha value is -3.86. The number of nitrogens with zero attached hydrogens (tertiary/aromatic N) is 6. The third kappa shape index (κ3) is 4.72. The van der Waals surface area contributed by atoms with Crippen molar-refractivity contribution in [3.63, 3.8) is 0 Å². The number of ether oxygens (including phenoxy) is 3. The van der Waals surface area contributed by atoms with Crippen LogP contribution >= 0.6 is 0 Å². The van der Waals surface area contributed by atoms with Crippen molar-refractivity contribution >= 4 is 22.6 Å². The number of hydrogen-bond acceptors (Lipinski definition) is 9. The highest BCUT2D eigenvalue weighted by molar-refractivity contribution is 5.87. The lowest BCUT2D eigenvalue weighted by Crippen LogP contribution is -2.54. The quantitative estimate of drug-likeness (QED) is 0.465. The first-order valence-corrected chi connectivity index (χ1v) is 14.0. The van der Waals surface area contributed by atoms with Crippen LogP contribution in [0, 0.1) is 6.92 Å². The number of piperazine rings is 1. The lowest BCUT2D eigenvalue weighted by molar-refractivity contribution is -0.126. The Balaban J connectivity index is 1.36. The Labute approximate surface area is 234 Å².